The first-order valence-corrected chi connectivity index (χ1v) is 11.2. The van der Waals surface area contributed by atoms with E-state index < -0.39 is 22.9 Å². The van der Waals surface area contributed by atoms with E-state index >= 15 is 0 Å². The van der Waals surface area contributed by atoms with Crippen LogP contribution in [-0.2, 0) is 14.3 Å². The molecule has 1 rings (SSSR count). The average molecular weight is 307 g/mol. The Morgan fingerprint density at radius 2 is 1.42 bits per heavy atom. The summed E-state index contributed by atoms with van der Waals surface area (Å²) < 4.78 is 28.5. The van der Waals surface area contributed by atoms with Crippen LogP contribution in [0.5, 0.6) is 0 Å². The van der Waals surface area contributed by atoms with Crippen LogP contribution < -0.4 is 0 Å². The third kappa shape index (κ3) is 2.42. The van der Waals surface area contributed by atoms with Crippen molar-refractivity contribution in [2.24, 2.45) is 0 Å². The molecule has 0 spiro atoms. The summed E-state index contributed by atoms with van der Waals surface area (Å²) in [4.78, 5) is 0. The Bertz CT molecular complexity index is 406. The molecule has 19 heavy (non-hydrogen) atoms. The fraction of sp³-hybridized carbons (Fsp3) is 1.00. The van der Waals surface area contributed by atoms with Crippen LogP contribution in [0.25, 0.3) is 0 Å². The Hall–Kier alpha value is 0.127. The van der Waals surface area contributed by atoms with Gasteiger partial charge in [0.05, 0.1) is 14.2 Å². The van der Waals surface area contributed by atoms with Gasteiger partial charge in [-0.15, -0.1) is 0 Å². The maximum absolute atomic E-state index is 12.1. The standard InChI is InChI=1S/C14H30O3SSi/c1-10(2)19(11(3)4,12(5)6)9-14(8)13(7)17-18(14,15)16/h10-13H,9H2,1-8H3. The van der Waals surface area contributed by atoms with Crippen molar-refractivity contribution in [3.63, 3.8) is 0 Å². The predicted octanol–water partition coefficient (Wildman–Crippen LogP) is 4.17. The Morgan fingerprint density at radius 1 is 1.05 bits per heavy atom. The van der Waals surface area contributed by atoms with Crippen LogP contribution in [0.3, 0.4) is 0 Å². The zero-order valence-corrected chi connectivity index (χ0v) is 15.5. The van der Waals surface area contributed by atoms with Crippen molar-refractivity contribution >= 4 is 18.2 Å². The van der Waals surface area contributed by atoms with Gasteiger partial charge in [0, 0.05) is 0 Å². The van der Waals surface area contributed by atoms with Gasteiger partial charge in [-0.25, -0.2) is 0 Å². The van der Waals surface area contributed by atoms with Gasteiger partial charge < -0.3 is 0 Å². The van der Waals surface area contributed by atoms with E-state index in [0.29, 0.717) is 16.6 Å². The molecule has 0 saturated carbocycles. The maximum Gasteiger partial charge on any atom is 0.275 e. The molecule has 0 N–H and O–H groups in total. The first kappa shape index (κ1) is 17.2. The van der Waals surface area contributed by atoms with E-state index in [1.165, 1.54) is 0 Å². The van der Waals surface area contributed by atoms with Crippen molar-refractivity contribution in [2.75, 3.05) is 0 Å². The molecule has 0 amide bonds. The topological polar surface area (TPSA) is 43.4 Å². The smallest absolute Gasteiger partial charge is 0.265 e. The van der Waals surface area contributed by atoms with Gasteiger partial charge in [0.1, 0.15) is 4.75 Å². The molecule has 114 valence electrons. The quantitative estimate of drug-likeness (QED) is 0.565. The molecule has 2 unspecified atom stereocenters. The SMILES string of the molecule is CC1OS(=O)(=O)C1(C)C[Si](C(C)C)(C(C)C)C(C)C. The summed E-state index contributed by atoms with van der Waals surface area (Å²) in [5, 5.41) is 0. The Labute approximate surface area is 120 Å². The monoisotopic (exact) mass is 306 g/mol. The third-order valence-electron chi connectivity index (χ3n) is 5.58. The lowest BCUT2D eigenvalue weighted by Crippen LogP contribution is -2.64. The van der Waals surface area contributed by atoms with Crippen LogP contribution in [0, 0.1) is 0 Å². The van der Waals surface area contributed by atoms with Gasteiger partial charge in [0.2, 0.25) is 0 Å². The molecule has 0 radical (unpaired) electrons. The summed E-state index contributed by atoms with van der Waals surface area (Å²) in [7, 11) is -5.09. The van der Waals surface area contributed by atoms with Gasteiger partial charge in [-0.2, -0.15) is 8.42 Å². The summed E-state index contributed by atoms with van der Waals surface area (Å²) in [6, 6.07) is 0.816. The van der Waals surface area contributed by atoms with Gasteiger partial charge in [-0.3, -0.25) is 4.18 Å². The summed E-state index contributed by atoms with van der Waals surface area (Å²) in [5.74, 6) is 0. The third-order valence-corrected chi connectivity index (χ3v) is 15.8. The molecule has 1 fully saturated rings. The highest BCUT2D eigenvalue weighted by molar-refractivity contribution is 7.89. The van der Waals surface area contributed by atoms with E-state index in [2.05, 4.69) is 41.5 Å². The van der Waals surface area contributed by atoms with Gasteiger partial charge in [-0.05, 0) is 19.9 Å². The van der Waals surface area contributed by atoms with E-state index in [4.69, 9.17) is 4.18 Å². The fourth-order valence-electron chi connectivity index (χ4n) is 4.01. The van der Waals surface area contributed by atoms with Crippen LogP contribution in [0.1, 0.15) is 55.4 Å². The minimum Gasteiger partial charge on any atom is -0.265 e. The molecule has 1 saturated heterocycles. The molecule has 1 heterocycles. The van der Waals surface area contributed by atoms with Crippen molar-refractivity contribution in [3.8, 4) is 0 Å². The molecule has 0 aromatic heterocycles. The number of hydrogen-bond donors (Lipinski definition) is 0. The highest BCUT2D eigenvalue weighted by Gasteiger charge is 2.61. The van der Waals surface area contributed by atoms with Crippen molar-refractivity contribution in [1.29, 1.82) is 0 Å². The minimum atomic E-state index is -3.37. The highest BCUT2D eigenvalue weighted by atomic mass is 32.2. The van der Waals surface area contributed by atoms with Crippen molar-refractivity contribution in [2.45, 2.75) is 88.9 Å². The van der Waals surface area contributed by atoms with Crippen molar-refractivity contribution in [1.82, 2.24) is 0 Å². The first-order valence-electron chi connectivity index (χ1n) is 7.34. The molecule has 1 aliphatic heterocycles. The zero-order chi connectivity index (χ0) is 15.2. The lowest BCUT2D eigenvalue weighted by molar-refractivity contribution is 0.113. The molecule has 5 heteroatoms. The molecule has 2 atom stereocenters. The maximum atomic E-state index is 12.1. The minimum absolute atomic E-state index is 0.180. The molecule has 0 aromatic carbocycles. The molecule has 1 aliphatic rings. The Kier molecular flexibility index (Phi) is 4.66. The first-order chi connectivity index (χ1) is 8.42. The van der Waals surface area contributed by atoms with Gasteiger partial charge in [0.15, 0.2) is 0 Å². The van der Waals surface area contributed by atoms with E-state index in [9.17, 15) is 8.42 Å². The van der Waals surface area contributed by atoms with Crippen molar-refractivity contribution < 1.29 is 12.6 Å². The van der Waals surface area contributed by atoms with E-state index in [1.807, 2.05) is 13.8 Å². The van der Waals surface area contributed by atoms with Crippen molar-refractivity contribution in [3.05, 3.63) is 0 Å². The summed E-state index contributed by atoms with van der Waals surface area (Å²) in [6.07, 6.45) is -0.180. The molecular weight excluding hydrogens is 276 g/mol. The normalized spacial score (nSPS) is 31.0. The van der Waals surface area contributed by atoms with E-state index in [1.54, 1.807) is 0 Å². The van der Waals surface area contributed by atoms with Gasteiger partial charge in [0.25, 0.3) is 10.1 Å². The number of rotatable bonds is 5. The molecule has 0 aliphatic carbocycles. The zero-order valence-electron chi connectivity index (χ0n) is 13.6. The molecular formula is C14H30O3SSi. The number of hydrogen-bond acceptors (Lipinski definition) is 3. The lowest BCUT2D eigenvalue weighted by atomic mass is 10.1. The van der Waals surface area contributed by atoms with Gasteiger partial charge in [-0.1, -0.05) is 58.2 Å². The summed E-state index contributed by atoms with van der Waals surface area (Å²) in [6.45, 7) is 17.4. The van der Waals surface area contributed by atoms with Crippen LogP contribution in [0.15, 0.2) is 0 Å². The highest BCUT2D eigenvalue weighted by Crippen LogP contribution is 2.52. The second kappa shape index (κ2) is 5.15. The predicted molar refractivity (Wildman–Crippen MR) is 83.7 cm³/mol. The summed E-state index contributed by atoms with van der Waals surface area (Å²) >= 11 is 0. The second-order valence-electron chi connectivity index (χ2n) is 7.26. The Balaban J connectivity index is 3.23. The van der Waals surface area contributed by atoms with Crippen LogP contribution in [0.2, 0.25) is 22.7 Å². The average Bonchev–Trinajstić information content (AvgIpc) is 2.23. The van der Waals surface area contributed by atoms with Gasteiger partial charge >= 0.3 is 0 Å². The molecule has 0 aromatic rings. The van der Waals surface area contributed by atoms with Crippen LogP contribution >= 0.6 is 0 Å². The van der Waals surface area contributed by atoms with Crippen LogP contribution in [0.4, 0.5) is 0 Å². The molecule has 3 nitrogen and oxygen atoms in total. The van der Waals surface area contributed by atoms with E-state index in [0.717, 1.165) is 6.04 Å². The van der Waals surface area contributed by atoms with Crippen LogP contribution in [-0.4, -0.2) is 27.3 Å². The largest absolute Gasteiger partial charge is 0.275 e. The molecule has 0 bridgehead atoms. The lowest BCUT2D eigenvalue weighted by Gasteiger charge is -2.52. The summed E-state index contributed by atoms with van der Waals surface area (Å²) in [5.41, 5.74) is 1.73. The second-order valence-corrected chi connectivity index (χ2v) is 15.3. The van der Waals surface area contributed by atoms with E-state index in [-0.39, 0.29) is 6.10 Å². The Morgan fingerprint density at radius 3 is 1.63 bits per heavy atom. The fourth-order valence-corrected chi connectivity index (χ4v) is 13.3.